The van der Waals surface area contributed by atoms with Crippen molar-refractivity contribution < 1.29 is 4.42 Å². The summed E-state index contributed by atoms with van der Waals surface area (Å²) < 4.78 is 11.5. The van der Waals surface area contributed by atoms with Gasteiger partial charge in [0, 0.05) is 0 Å². The Labute approximate surface area is 347 Å². The molecule has 0 spiro atoms. The molecule has 2 heterocycles. The molecule has 3 heteroatoms. The number of benzene rings is 9. The van der Waals surface area contributed by atoms with Gasteiger partial charge in [-0.15, -0.1) is 0 Å². The number of halogens is 1. The molecule has 1 aliphatic heterocycles. The zero-order valence-corrected chi connectivity index (χ0v) is 35.0. The first-order valence-electron chi connectivity index (χ1n) is 19.9. The Morgan fingerprint density at radius 1 is 0.379 bits per heavy atom. The number of fused-ring (bicyclic) bond motifs is 5. The first kappa shape index (κ1) is 34.9. The Morgan fingerprint density at radius 3 is 1.29 bits per heavy atom. The van der Waals surface area contributed by atoms with E-state index in [-0.39, 0.29) is 0 Å². The van der Waals surface area contributed by atoms with E-state index in [2.05, 4.69) is 237 Å². The molecule has 0 radical (unpaired) electrons. The molecule has 0 bridgehead atoms. The second-order valence-electron chi connectivity index (χ2n) is 15.0. The van der Waals surface area contributed by atoms with Crippen LogP contribution in [0.4, 0.5) is 0 Å². The first-order chi connectivity index (χ1) is 28.8. The van der Waals surface area contributed by atoms with Crippen LogP contribution in [0.5, 0.6) is 0 Å². The van der Waals surface area contributed by atoms with E-state index >= 15 is 0 Å². The van der Waals surface area contributed by atoms with E-state index in [1.165, 1.54) is 59.1 Å². The van der Waals surface area contributed by atoms with Gasteiger partial charge in [0.05, 0.1) is 0 Å². The van der Waals surface area contributed by atoms with Crippen molar-refractivity contribution in [2.24, 2.45) is 0 Å². The topological polar surface area (TPSA) is 13.1 Å². The summed E-state index contributed by atoms with van der Waals surface area (Å²) in [5, 5.41) is 7.67. The van der Waals surface area contributed by atoms with Gasteiger partial charge in [-0.2, -0.15) is 0 Å². The van der Waals surface area contributed by atoms with Gasteiger partial charge in [0.2, 0.25) is 0 Å². The van der Waals surface area contributed by atoms with Crippen LogP contribution in [-0.2, 0) is 5.41 Å². The molecule has 0 N–H and O–H groups in total. The van der Waals surface area contributed by atoms with Crippen LogP contribution in [0, 0.1) is 10.7 Å². The fourth-order valence-electron chi connectivity index (χ4n) is 9.73. The van der Waals surface area contributed by atoms with Gasteiger partial charge < -0.3 is 0 Å². The summed E-state index contributed by atoms with van der Waals surface area (Å²) in [7, 11) is -3.01. The summed E-state index contributed by atoms with van der Waals surface area (Å²) >= 11 is -2.45. The molecule has 0 atom stereocenters. The van der Waals surface area contributed by atoms with Crippen molar-refractivity contribution in [2.75, 3.05) is 0 Å². The van der Waals surface area contributed by atoms with Gasteiger partial charge in [-0.1, -0.05) is 0 Å². The molecule has 9 aromatic carbocycles. The molecule has 0 aliphatic carbocycles. The predicted octanol–water partition coefficient (Wildman–Crippen LogP) is 11.1. The van der Waals surface area contributed by atoms with Gasteiger partial charge in [-0.25, -0.2) is 0 Å². The molecule has 0 unspecified atom stereocenters. The number of hydrogen-bond donors (Lipinski definition) is 0. The van der Waals surface area contributed by atoms with E-state index in [1.807, 2.05) is 0 Å². The number of hydrogen-bond acceptors (Lipinski definition) is 1. The molecule has 58 heavy (non-hydrogen) atoms. The average Bonchev–Trinajstić information content (AvgIpc) is 3.69. The molecular weight excluding hydrogens is 832 g/mol. The molecule has 10 aromatic rings. The van der Waals surface area contributed by atoms with Gasteiger partial charge in [0.15, 0.2) is 0 Å². The van der Waals surface area contributed by atoms with Crippen LogP contribution in [0.2, 0.25) is 0 Å². The van der Waals surface area contributed by atoms with E-state index in [4.69, 9.17) is 4.42 Å². The van der Waals surface area contributed by atoms with E-state index < -0.39 is 33.3 Å². The van der Waals surface area contributed by atoms with E-state index in [9.17, 15) is 0 Å². The standard InChI is InChI=1S/C55H39IOSi/c1-6-22-40(23-7-1)55(41-24-8-2-9-25-41)48-33-17-19-35-50(48)56(51-36-20-18-34-49(51)55)42-38-47-46-32-16-21-37-52(46)57-54(47)53(39-42)58(43-26-10-3-11-27-43,44-28-12-4-13-29-44)45-30-14-5-15-31-45/h1-39H. The maximum absolute atomic E-state index is 7.14. The molecule has 1 aliphatic rings. The summed E-state index contributed by atoms with van der Waals surface area (Å²) in [6.45, 7) is 0. The molecule has 1 nitrogen and oxygen atoms in total. The second-order valence-corrected chi connectivity index (χ2v) is 24.0. The third kappa shape index (κ3) is 5.20. The second kappa shape index (κ2) is 14.3. The molecule has 0 fully saturated rings. The minimum absolute atomic E-state index is 0.477. The third-order valence-corrected chi connectivity index (χ3v) is 22.9. The Morgan fingerprint density at radius 2 is 0.793 bits per heavy atom. The molecule has 1 aromatic heterocycles. The number of rotatable bonds is 7. The fourth-order valence-corrected chi connectivity index (χ4v) is 21.6. The molecule has 0 saturated heterocycles. The minimum atomic E-state index is -3.01. The summed E-state index contributed by atoms with van der Waals surface area (Å²) in [4.78, 5) is 0. The van der Waals surface area contributed by atoms with Crippen molar-refractivity contribution in [3.05, 3.63) is 270 Å². The van der Waals surface area contributed by atoms with Crippen molar-refractivity contribution in [2.45, 2.75) is 5.41 Å². The van der Waals surface area contributed by atoms with Crippen LogP contribution in [-0.4, -0.2) is 8.07 Å². The quantitative estimate of drug-likeness (QED) is 0.0884. The van der Waals surface area contributed by atoms with Crippen LogP contribution in [0.3, 0.4) is 0 Å². The summed E-state index contributed by atoms with van der Waals surface area (Å²) in [5.41, 5.74) is 6.78. The van der Waals surface area contributed by atoms with Crippen molar-refractivity contribution in [3.8, 4) is 0 Å². The Balaban J connectivity index is 1.29. The van der Waals surface area contributed by atoms with Crippen molar-refractivity contribution >= 4 is 70.6 Å². The van der Waals surface area contributed by atoms with Crippen LogP contribution in [0.25, 0.3) is 21.9 Å². The predicted molar refractivity (Wildman–Crippen MR) is 252 cm³/mol. The monoisotopic (exact) mass is 870 g/mol. The van der Waals surface area contributed by atoms with Crippen molar-refractivity contribution in [3.63, 3.8) is 0 Å². The van der Waals surface area contributed by atoms with Crippen LogP contribution in [0.1, 0.15) is 22.3 Å². The SMILES string of the molecule is c1ccc(C2(c3ccccc3)c3ccccc3I(c3cc([Si](c4ccccc4)(c4ccccc4)c4ccccc4)c4oc5ccccc5c4c3)c3ccccc32)cc1. The zero-order valence-electron chi connectivity index (χ0n) is 31.8. The van der Waals surface area contributed by atoms with E-state index in [0.29, 0.717) is 0 Å². The van der Waals surface area contributed by atoms with Crippen molar-refractivity contribution in [1.82, 2.24) is 0 Å². The van der Waals surface area contributed by atoms with Crippen molar-refractivity contribution in [1.29, 1.82) is 0 Å². The summed E-state index contributed by atoms with van der Waals surface area (Å²) in [6.07, 6.45) is 0. The first-order valence-corrected chi connectivity index (χ1v) is 25.2. The Hall–Kier alpha value is -6.27. The summed E-state index contributed by atoms with van der Waals surface area (Å²) in [6, 6.07) is 88.6. The normalized spacial score (nSPS) is 13.9. The Kier molecular flexibility index (Phi) is 8.60. The van der Waals surface area contributed by atoms with Crippen LogP contribution in [0.15, 0.2) is 241 Å². The van der Waals surface area contributed by atoms with Crippen LogP contribution < -0.4 is 20.7 Å². The van der Waals surface area contributed by atoms with E-state index in [1.54, 1.807) is 0 Å². The van der Waals surface area contributed by atoms with Gasteiger partial charge in [-0.3, -0.25) is 0 Å². The molecular formula is C55H39IOSi. The van der Waals surface area contributed by atoms with Gasteiger partial charge in [0.25, 0.3) is 0 Å². The van der Waals surface area contributed by atoms with Gasteiger partial charge >= 0.3 is 350 Å². The van der Waals surface area contributed by atoms with Gasteiger partial charge in [-0.05, 0) is 0 Å². The van der Waals surface area contributed by atoms with Gasteiger partial charge in [0.1, 0.15) is 0 Å². The molecule has 11 rings (SSSR count). The van der Waals surface area contributed by atoms with E-state index in [0.717, 1.165) is 16.6 Å². The maximum atomic E-state index is 7.14. The molecule has 276 valence electrons. The molecule has 0 saturated carbocycles. The molecule has 0 amide bonds. The fraction of sp³-hybridized carbons (Fsp3) is 0.0182. The van der Waals surface area contributed by atoms with Crippen LogP contribution >= 0.6 is 19.8 Å². The number of furan rings is 1. The average molecular weight is 871 g/mol. The number of para-hydroxylation sites is 1. The third-order valence-electron chi connectivity index (χ3n) is 12.1. The summed E-state index contributed by atoms with van der Waals surface area (Å²) in [5.74, 6) is 0. The Bertz CT molecular complexity index is 2870. The zero-order chi connectivity index (χ0) is 38.5.